The number of amides is 1. The average Bonchev–Trinajstić information content (AvgIpc) is 2.62. The Morgan fingerprint density at radius 1 is 1.32 bits per heavy atom. The molecule has 1 aromatic rings. The second-order valence-corrected chi connectivity index (χ2v) is 7.52. The highest BCUT2D eigenvalue weighted by molar-refractivity contribution is 5.79. The molecule has 0 unspecified atom stereocenters. The lowest BCUT2D eigenvalue weighted by molar-refractivity contribution is -0.138. The number of aliphatic hydroxyl groups excluding tert-OH is 1. The maximum absolute atomic E-state index is 12.9. The van der Waals surface area contributed by atoms with Gasteiger partial charge in [-0.3, -0.25) is 9.78 Å². The Bertz CT molecular complexity index is 573. The summed E-state index contributed by atoms with van der Waals surface area (Å²) < 4.78 is 12.9. The second kappa shape index (κ2) is 8.23. The molecule has 0 radical (unpaired) electrons. The molecular formula is C19H28FN3O2. The molecule has 138 valence electrons. The van der Waals surface area contributed by atoms with E-state index in [1.807, 2.05) is 4.90 Å². The maximum Gasteiger partial charge on any atom is 0.225 e. The Balaban J connectivity index is 1.46. The van der Waals surface area contributed by atoms with E-state index in [9.17, 15) is 14.3 Å². The summed E-state index contributed by atoms with van der Waals surface area (Å²) in [4.78, 5) is 20.8. The molecule has 1 amide bonds. The summed E-state index contributed by atoms with van der Waals surface area (Å²) in [7, 11) is 0. The van der Waals surface area contributed by atoms with Crippen LogP contribution in [0.3, 0.4) is 0 Å². The third-order valence-corrected chi connectivity index (χ3v) is 5.43. The third-order valence-electron chi connectivity index (χ3n) is 5.43. The monoisotopic (exact) mass is 349 g/mol. The Morgan fingerprint density at radius 3 is 2.72 bits per heavy atom. The molecular weight excluding hydrogens is 321 g/mol. The number of β-amino-alcohol motifs (C(OH)–C–C–N with tert-alkyl or cyclic N) is 1. The topological polar surface area (TPSA) is 56.7 Å². The Labute approximate surface area is 148 Å². The minimum atomic E-state index is -0.726. The van der Waals surface area contributed by atoms with Crippen molar-refractivity contribution in [3.63, 3.8) is 0 Å². The van der Waals surface area contributed by atoms with E-state index in [0.29, 0.717) is 24.1 Å². The van der Waals surface area contributed by atoms with Gasteiger partial charge in [0.1, 0.15) is 11.9 Å². The summed E-state index contributed by atoms with van der Waals surface area (Å²) in [5.74, 6) is 0.632. The lowest BCUT2D eigenvalue weighted by Gasteiger charge is -2.37. The fraction of sp³-hybridized carbons (Fsp3) is 0.684. The van der Waals surface area contributed by atoms with Gasteiger partial charge < -0.3 is 14.9 Å². The van der Waals surface area contributed by atoms with Gasteiger partial charge in [0.25, 0.3) is 0 Å². The summed E-state index contributed by atoms with van der Waals surface area (Å²) >= 11 is 0. The molecule has 6 heteroatoms. The van der Waals surface area contributed by atoms with Gasteiger partial charge in [0.05, 0.1) is 11.9 Å². The Hall–Kier alpha value is -1.53. The first-order chi connectivity index (χ1) is 12.0. The summed E-state index contributed by atoms with van der Waals surface area (Å²) in [6, 6.07) is 2.84. The van der Waals surface area contributed by atoms with Gasteiger partial charge in [0.2, 0.25) is 5.91 Å². The van der Waals surface area contributed by atoms with Crippen molar-refractivity contribution in [1.29, 1.82) is 0 Å². The van der Waals surface area contributed by atoms with E-state index in [2.05, 4.69) is 16.8 Å². The van der Waals surface area contributed by atoms with E-state index < -0.39 is 11.9 Å². The number of hydrogen-bond acceptors (Lipinski definition) is 4. The van der Waals surface area contributed by atoms with Crippen LogP contribution in [0, 0.1) is 17.7 Å². The number of nitrogens with zero attached hydrogens (tertiary/aromatic N) is 3. The normalized spacial score (nSPS) is 24.3. The number of aliphatic hydroxyl groups is 1. The predicted molar refractivity (Wildman–Crippen MR) is 93.3 cm³/mol. The van der Waals surface area contributed by atoms with E-state index >= 15 is 0 Å². The third kappa shape index (κ3) is 4.76. The van der Waals surface area contributed by atoms with Crippen LogP contribution >= 0.6 is 0 Å². The lowest BCUT2D eigenvalue weighted by atomic mass is 9.92. The first kappa shape index (κ1) is 18.3. The van der Waals surface area contributed by atoms with Crippen LogP contribution in [-0.4, -0.2) is 58.5 Å². The van der Waals surface area contributed by atoms with E-state index in [4.69, 9.17) is 0 Å². The number of pyridine rings is 1. The molecule has 2 aliphatic heterocycles. The molecule has 2 saturated heterocycles. The molecule has 0 saturated carbocycles. The molecule has 25 heavy (non-hydrogen) atoms. The van der Waals surface area contributed by atoms with Crippen LogP contribution in [0.15, 0.2) is 18.3 Å². The van der Waals surface area contributed by atoms with Crippen LogP contribution < -0.4 is 0 Å². The first-order valence-electron chi connectivity index (χ1n) is 9.33. The van der Waals surface area contributed by atoms with Crippen molar-refractivity contribution < 1.29 is 14.3 Å². The van der Waals surface area contributed by atoms with Crippen LogP contribution in [-0.2, 0) is 4.79 Å². The highest BCUT2D eigenvalue weighted by atomic mass is 19.1. The van der Waals surface area contributed by atoms with Gasteiger partial charge in [-0.1, -0.05) is 6.92 Å². The molecule has 3 heterocycles. The van der Waals surface area contributed by atoms with Crippen molar-refractivity contribution in [1.82, 2.24) is 14.8 Å². The van der Waals surface area contributed by atoms with Crippen molar-refractivity contribution in [3.8, 4) is 0 Å². The summed E-state index contributed by atoms with van der Waals surface area (Å²) in [6.07, 6.45) is 4.42. The molecule has 2 fully saturated rings. The Morgan fingerprint density at radius 2 is 2.08 bits per heavy atom. The van der Waals surface area contributed by atoms with E-state index in [1.54, 1.807) is 0 Å². The zero-order chi connectivity index (χ0) is 17.8. The Kier molecular flexibility index (Phi) is 6.02. The first-order valence-corrected chi connectivity index (χ1v) is 9.33. The van der Waals surface area contributed by atoms with Crippen molar-refractivity contribution in [2.24, 2.45) is 11.8 Å². The maximum atomic E-state index is 12.9. The molecule has 0 spiro atoms. The summed E-state index contributed by atoms with van der Waals surface area (Å²) in [5, 5.41) is 10.3. The van der Waals surface area contributed by atoms with Crippen molar-refractivity contribution in [2.75, 3.05) is 32.7 Å². The standard InChI is InChI=1S/C19H28FN3O2/c1-14-3-2-8-23(12-14)19(25)15-6-9-22(10-7-15)13-18(24)17-5-4-16(20)11-21-17/h4-5,11,14-15,18,24H,2-3,6-10,12-13H2,1H3/t14-,18+/m0/s1. The number of likely N-dealkylation sites (tertiary alicyclic amines) is 2. The highest BCUT2D eigenvalue weighted by Gasteiger charge is 2.31. The predicted octanol–water partition coefficient (Wildman–Crippen LogP) is 2.22. The number of carbonyl (C=O) groups excluding carboxylic acids is 1. The molecule has 1 aromatic heterocycles. The highest BCUT2D eigenvalue weighted by Crippen LogP contribution is 2.24. The number of piperidine rings is 2. The molecule has 0 aliphatic carbocycles. The van der Waals surface area contributed by atoms with Gasteiger partial charge in [-0.15, -0.1) is 0 Å². The average molecular weight is 349 g/mol. The van der Waals surface area contributed by atoms with Crippen molar-refractivity contribution >= 4 is 5.91 Å². The van der Waals surface area contributed by atoms with Crippen LogP contribution in [0.1, 0.15) is 44.4 Å². The van der Waals surface area contributed by atoms with Crippen LogP contribution in [0.5, 0.6) is 0 Å². The molecule has 2 atom stereocenters. The number of aromatic nitrogens is 1. The molecule has 3 rings (SSSR count). The van der Waals surface area contributed by atoms with E-state index in [0.717, 1.165) is 51.6 Å². The fourth-order valence-electron chi connectivity index (χ4n) is 3.93. The number of carbonyl (C=O) groups is 1. The number of halogens is 1. The van der Waals surface area contributed by atoms with Crippen molar-refractivity contribution in [3.05, 3.63) is 29.8 Å². The van der Waals surface area contributed by atoms with Gasteiger partial charge >= 0.3 is 0 Å². The van der Waals surface area contributed by atoms with E-state index in [-0.39, 0.29) is 5.92 Å². The number of rotatable bonds is 4. The van der Waals surface area contributed by atoms with Gasteiger partial charge in [-0.2, -0.15) is 0 Å². The summed E-state index contributed by atoms with van der Waals surface area (Å²) in [6.45, 7) is 6.09. The van der Waals surface area contributed by atoms with Crippen LogP contribution in [0.4, 0.5) is 4.39 Å². The molecule has 0 aromatic carbocycles. The van der Waals surface area contributed by atoms with Gasteiger partial charge in [0.15, 0.2) is 0 Å². The van der Waals surface area contributed by atoms with Crippen LogP contribution in [0.2, 0.25) is 0 Å². The molecule has 5 nitrogen and oxygen atoms in total. The molecule has 1 N–H and O–H groups in total. The second-order valence-electron chi connectivity index (χ2n) is 7.52. The summed E-state index contributed by atoms with van der Waals surface area (Å²) in [5.41, 5.74) is 0.488. The van der Waals surface area contributed by atoms with E-state index in [1.165, 1.54) is 18.6 Å². The van der Waals surface area contributed by atoms with Gasteiger partial charge in [-0.25, -0.2) is 4.39 Å². The SMILES string of the molecule is C[C@H]1CCCN(C(=O)C2CCN(C[C@@H](O)c3ccc(F)cn3)CC2)C1. The minimum Gasteiger partial charge on any atom is -0.385 e. The van der Waals surface area contributed by atoms with Gasteiger partial charge in [0, 0.05) is 25.6 Å². The quantitative estimate of drug-likeness (QED) is 0.906. The zero-order valence-corrected chi connectivity index (χ0v) is 14.9. The largest absolute Gasteiger partial charge is 0.385 e. The fourth-order valence-corrected chi connectivity index (χ4v) is 3.93. The molecule has 0 bridgehead atoms. The lowest BCUT2D eigenvalue weighted by Crippen LogP contribution is -2.46. The minimum absolute atomic E-state index is 0.114. The number of hydrogen-bond donors (Lipinski definition) is 1. The van der Waals surface area contributed by atoms with Crippen LogP contribution in [0.25, 0.3) is 0 Å². The molecule has 2 aliphatic rings. The van der Waals surface area contributed by atoms with Crippen molar-refractivity contribution in [2.45, 2.75) is 38.7 Å². The van der Waals surface area contributed by atoms with Gasteiger partial charge in [-0.05, 0) is 56.8 Å². The smallest absolute Gasteiger partial charge is 0.225 e. The zero-order valence-electron chi connectivity index (χ0n) is 14.9.